The fourth-order valence-corrected chi connectivity index (χ4v) is 4.86. The van der Waals surface area contributed by atoms with Crippen molar-refractivity contribution in [2.75, 3.05) is 20.0 Å². The first kappa shape index (κ1) is 26.4. The smallest absolute Gasteiger partial charge is 0.392 e. The highest BCUT2D eigenvalue weighted by atomic mass is 19.4. The number of nitrogens with zero attached hydrogens (tertiary/aromatic N) is 1. The minimum atomic E-state index is -4.71. The third-order valence-electron chi connectivity index (χ3n) is 6.71. The van der Waals surface area contributed by atoms with Gasteiger partial charge in [0.2, 0.25) is 0 Å². The van der Waals surface area contributed by atoms with Crippen LogP contribution in [0.15, 0.2) is 42.5 Å². The van der Waals surface area contributed by atoms with E-state index in [2.05, 4.69) is 4.98 Å². The second kappa shape index (κ2) is 11.6. The molecule has 0 saturated heterocycles. The highest BCUT2D eigenvalue weighted by Crippen LogP contribution is 2.44. The molecule has 2 fully saturated rings. The van der Waals surface area contributed by atoms with Gasteiger partial charge in [-0.1, -0.05) is 30.3 Å². The molecule has 4 unspecified atom stereocenters. The van der Waals surface area contributed by atoms with Gasteiger partial charge >= 0.3 is 6.18 Å². The third-order valence-corrected chi connectivity index (χ3v) is 6.71. The number of pyridine rings is 1. The first-order chi connectivity index (χ1) is 17.3. The molecule has 2 aromatic rings. The van der Waals surface area contributed by atoms with Crippen molar-refractivity contribution in [3.8, 4) is 0 Å². The first-order valence-electron chi connectivity index (χ1n) is 11.9. The van der Waals surface area contributed by atoms with E-state index in [9.17, 15) is 27.9 Å². The number of rotatable bonds is 11. The lowest BCUT2D eigenvalue weighted by molar-refractivity contribution is -0.141. The van der Waals surface area contributed by atoms with Crippen LogP contribution in [-0.2, 0) is 38.4 Å². The fraction of sp³-hybridized carbons (Fsp3) is 0.500. The maximum absolute atomic E-state index is 13.3. The molecule has 2 saturated carbocycles. The van der Waals surface area contributed by atoms with Gasteiger partial charge in [-0.25, -0.2) is 4.98 Å². The van der Waals surface area contributed by atoms with Crippen LogP contribution in [0.3, 0.4) is 0 Å². The topological polar surface area (TPSA) is 95.0 Å². The molecular formula is C26H28F3NO6. The molecule has 2 aliphatic carbocycles. The number of hydrogen-bond donors (Lipinski definition) is 1. The van der Waals surface area contributed by atoms with E-state index in [-0.39, 0.29) is 55.5 Å². The van der Waals surface area contributed by atoms with Crippen LogP contribution < -0.4 is 0 Å². The van der Waals surface area contributed by atoms with Gasteiger partial charge < -0.3 is 19.3 Å². The van der Waals surface area contributed by atoms with E-state index < -0.39 is 29.7 Å². The van der Waals surface area contributed by atoms with Crippen LogP contribution in [0, 0.1) is 17.8 Å². The third kappa shape index (κ3) is 6.18. The number of carbonyl (C=O) groups excluding carboxylic acids is 2. The molecule has 0 amide bonds. The standard InChI is InChI=1S/C26H28F3NO6/c27-26(28,29)21-9-8-19(25(33)22-23(31)17-6-7-18(12-17)24(22)32)20(30-21)14-34-10-11-35-15-36-13-16-4-2-1-3-5-16/h1-5,8-9,17-18,22-23,31H,6-7,10-15H2. The predicted octanol–water partition coefficient (Wildman–Crippen LogP) is 3.97. The molecule has 36 heavy (non-hydrogen) atoms. The Bertz CT molecular complexity index is 1060. The van der Waals surface area contributed by atoms with Gasteiger partial charge in [-0.15, -0.1) is 0 Å². The summed E-state index contributed by atoms with van der Waals surface area (Å²) in [6.07, 6.45) is -4.06. The second-order valence-electron chi connectivity index (χ2n) is 9.11. The van der Waals surface area contributed by atoms with Crippen molar-refractivity contribution in [2.45, 2.75) is 44.8 Å². The molecule has 4 atom stereocenters. The van der Waals surface area contributed by atoms with Crippen LogP contribution in [0.2, 0.25) is 0 Å². The predicted molar refractivity (Wildman–Crippen MR) is 121 cm³/mol. The van der Waals surface area contributed by atoms with Crippen molar-refractivity contribution in [3.63, 3.8) is 0 Å². The molecule has 4 rings (SSSR count). The number of ether oxygens (including phenoxy) is 3. The Morgan fingerprint density at radius 2 is 1.75 bits per heavy atom. The van der Waals surface area contributed by atoms with Gasteiger partial charge in [0.25, 0.3) is 0 Å². The van der Waals surface area contributed by atoms with Gasteiger partial charge in [0.15, 0.2) is 5.78 Å². The van der Waals surface area contributed by atoms with Crippen LogP contribution in [0.4, 0.5) is 13.2 Å². The minimum absolute atomic E-state index is 0.00775. The zero-order valence-electron chi connectivity index (χ0n) is 19.6. The minimum Gasteiger partial charge on any atom is -0.392 e. The van der Waals surface area contributed by atoms with E-state index in [4.69, 9.17) is 14.2 Å². The second-order valence-corrected chi connectivity index (χ2v) is 9.11. The van der Waals surface area contributed by atoms with Crippen LogP contribution in [0.1, 0.15) is 46.6 Å². The molecule has 1 aromatic carbocycles. The average Bonchev–Trinajstić information content (AvgIpc) is 3.32. The van der Waals surface area contributed by atoms with E-state index in [1.54, 1.807) is 0 Å². The number of benzene rings is 1. The summed E-state index contributed by atoms with van der Waals surface area (Å²) in [5, 5.41) is 10.6. The van der Waals surface area contributed by atoms with E-state index in [0.717, 1.165) is 11.6 Å². The maximum atomic E-state index is 13.3. The molecule has 194 valence electrons. The number of halogens is 3. The lowest BCUT2D eigenvalue weighted by atomic mass is 9.74. The number of fused-ring (bicyclic) bond motifs is 2. The van der Waals surface area contributed by atoms with Crippen molar-refractivity contribution >= 4 is 11.6 Å². The average molecular weight is 508 g/mol. The molecule has 0 spiro atoms. The Labute approximate surface area is 206 Å². The van der Waals surface area contributed by atoms with Gasteiger partial charge in [0, 0.05) is 11.5 Å². The molecule has 1 N–H and O–H groups in total. The Kier molecular flexibility index (Phi) is 8.50. The number of alkyl halides is 3. The normalized spacial score (nSPS) is 23.7. The summed E-state index contributed by atoms with van der Waals surface area (Å²) < 4.78 is 55.9. The Morgan fingerprint density at radius 3 is 2.50 bits per heavy atom. The van der Waals surface area contributed by atoms with Crippen LogP contribution in [0.5, 0.6) is 0 Å². The molecule has 7 nitrogen and oxygen atoms in total. The van der Waals surface area contributed by atoms with Crippen molar-refractivity contribution in [1.82, 2.24) is 4.98 Å². The lowest BCUT2D eigenvalue weighted by Gasteiger charge is -2.31. The van der Waals surface area contributed by atoms with Crippen molar-refractivity contribution in [1.29, 1.82) is 0 Å². The summed E-state index contributed by atoms with van der Waals surface area (Å²) in [5.41, 5.74) is -0.555. The summed E-state index contributed by atoms with van der Waals surface area (Å²) in [7, 11) is 0. The summed E-state index contributed by atoms with van der Waals surface area (Å²) in [5.74, 6) is -2.81. The highest BCUT2D eigenvalue weighted by Gasteiger charge is 2.50. The summed E-state index contributed by atoms with van der Waals surface area (Å²) in [4.78, 5) is 29.6. The fourth-order valence-electron chi connectivity index (χ4n) is 4.86. The largest absolute Gasteiger partial charge is 0.433 e. The van der Waals surface area contributed by atoms with Gasteiger partial charge in [-0.05, 0) is 42.9 Å². The maximum Gasteiger partial charge on any atom is 0.433 e. The quantitative estimate of drug-likeness (QED) is 0.213. The van der Waals surface area contributed by atoms with E-state index >= 15 is 0 Å². The van der Waals surface area contributed by atoms with Crippen LogP contribution in [0.25, 0.3) is 0 Å². The highest BCUT2D eigenvalue weighted by molar-refractivity contribution is 6.12. The SMILES string of the molecule is O=C(c1ccc(C(F)(F)F)nc1COCCOCOCc1ccccc1)C1C(=O)C2CCC(C2)C1O. The van der Waals surface area contributed by atoms with Crippen molar-refractivity contribution < 1.29 is 42.1 Å². The zero-order valence-corrected chi connectivity index (χ0v) is 19.6. The molecule has 0 radical (unpaired) electrons. The lowest BCUT2D eigenvalue weighted by Crippen LogP contribution is -2.45. The first-order valence-corrected chi connectivity index (χ1v) is 11.9. The van der Waals surface area contributed by atoms with Crippen molar-refractivity contribution in [3.05, 3.63) is 65.0 Å². The van der Waals surface area contributed by atoms with E-state index in [1.807, 2.05) is 30.3 Å². The van der Waals surface area contributed by atoms with Gasteiger partial charge in [0.1, 0.15) is 24.2 Å². The number of aliphatic hydroxyl groups is 1. The number of Topliss-reactive ketones (excluding diaryl/α,β-unsaturated/α-hetero) is 2. The monoisotopic (exact) mass is 507 g/mol. The Morgan fingerprint density at radius 1 is 1.00 bits per heavy atom. The summed E-state index contributed by atoms with van der Waals surface area (Å²) in [6, 6.07) is 11.2. The summed E-state index contributed by atoms with van der Waals surface area (Å²) >= 11 is 0. The van der Waals surface area contributed by atoms with Crippen LogP contribution in [-0.4, -0.2) is 47.8 Å². The van der Waals surface area contributed by atoms with Crippen molar-refractivity contribution in [2.24, 2.45) is 17.8 Å². The molecule has 1 aromatic heterocycles. The molecule has 2 aliphatic rings. The molecule has 1 heterocycles. The Balaban J connectivity index is 1.35. The molecule has 0 aliphatic heterocycles. The molecular weight excluding hydrogens is 479 g/mol. The van der Waals surface area contributed by atoms with Crippen LogP contribution >= 0.6 is 0 Å². The number of ketones is 2. The zero-order chi connectivity index (χ0) is 25.7. The number of hydrogen-bond acceptors (Lipinski definition) is 7. The Hall–Kier alpha value is -2.66. The van der Waals surface area contributed by atoms with E-state index in [0.29, 0.717) is 31.9 Å². The van der Waals surface area contributed by atoms with Gasteiger partial charge in [-0.3, -0.25) is 9.59 Å². The summed E-state index contributed by atoms with van der Waals surface area (Å²) in [6.45, 7) is 0.126. The van der Waals surface area contributed by atoms with Gasteiger partial charge in [-0.2, -0.15) is 13.2 Å². The van der Waals surface area contributed by atoms with E-state index in [1.165, 1.54) is 0 Å². The molecule has 2 bridgehead atoms. The number of aliphatic hydroxyl groups excluding tert-OH is 1. The number of aromatic nitrogens is 1. The molecule has 10 heteroatoms. The number of carbonyl (C=O) groups is 2. The van der Waals surface area contributed by atoms with Gasteiger partial charge in [0.05, 0.1) is 38.2 Å².